The van der Waals surface area contributed by atoms with E-state index in [4.69, 9.17) is 5.73 Å². The van der Waals surface area contributed by atoms with E-state index in [9.17, 15) is 4.79 Å². The molecule has 6 heteroatoms. The number of carbonyl (C=O) groups is 1. The molecule has 0 aliphatic rings. The summed E-state index contributed by atoms with van der Waals surface area (Å²) in [4.78, 5) is 24.7. The number of hydrogen-bond donors (Lipinski definition) is 2. The lowest BCUT2D eigenvalue weighted by atomic mass is 9.96. The molecule has 6 nitrogen and oxygen atoms in total. The van der Waals surface area contributed by atoms with Crippen LogP contribution in [0.4, 0.5) is 11.6 Å². The first-order valence-electron chi connectivity index (χ1n) is 9.12. The van der Waals surface area contributed by atoms with Crippen LogP contribution in [0.15, 0.2) is 79.3 Å². The van der Waals surface area contributed by atoms with E-state index in [1.54, 1.807) is 24.7 Å². The molecular weight excluding hydrogens is 362 g/mol. The molecule has 0 fully saturated rings. The third kappa shape index (κ3) is 3.96. The van der Waals surface area contributed by atoms with Gasteiger partial charge in [0, 0.05) is 41.0 Å². The Balaban J connectivity index is 1.72. The summed E-state index contributed by atoms with van der Waals surface area (Å²) >= 11 is 0. The Bertz CT molecular complexity index is 1170. The van der Waals surface area contributed by atoms with E-state index in [0.717, 1.165) is 33.6 Å². The summed E-state index contributed by atoms with van der Waals surface area (Å²) in [5, 5.41) is 3.30. The SMILES string of the molecule is Cc1ccc(C(N)=O)cc1-c1ccccc1Nc1nccc(-c2cccnc2)n1. The number of pyridine rings is 1. The molecule has 0 saturated heterocycles. The number of primary amides is 1. The van der Waals surface area contributed by atoms with Crippen molar-refractivity contribution in [1.82, 2.24) is 15.0 Å². The van der Waals surface area contributed by atoms with Crippen molar-refractivity contribution < 1.29 is 4.79 Å². The van der Waals surface area contributed by atoms with E-state index >= 15 is 0 Å². The van der Waals surface area contributed by atoms with Gasteiger partial charge in [-0.2, -0.15) is 0 Å². The van der Waals surface area contributed by atoms with Crippen LogP contribution in [0.1, 0.15) is 15.9 Å². The Morgan fingerprint density at radius 1 is 0.966 bits per heavy atom. The minimum Gasteiger partial charge on any atom is -0.366 e. The number of anilines is 2. The minimum atomic E-state index is -0.454. The highest BCUT2D eigenvalue weighted by Crippen LogP contribution is 2.32. The van der Waals surface area contributed by atoms with Crippen LogP contribution in [0.25, 0.3) is 22.4 Å². The van der Waals surface area contributed by atoms with Crippen molar-refractivity contribution in [2.75, 3.05) is 5.32 Å². The van der Waals surface area contributed by atoms with E-state index in [-0.39, 0.29) is 0 Å². The van der Waals surface area contributed by atoms with E-state index in [1.165, 1.54) is 0 Å². The van der Waals surface area contributed by atoms with Gasteiger partial charge in [0.15, 0.2) is 0 Å². The summed E-state index contributed by atoms with van der Waals surface area (Å²) in [6.45, 7) is 2.00. The summed E-state index contributed by atoms with van der Waals surface area (Å²) in [6, 6.07) is 18.9. The van der Waals surface area contributed by atoms with Gasteiger partial charge >= 0.3 is 0 Å². The Kier molecular flexibility index (Phi) is 4.99. The van der Waals surface area contributed by atoms with E-state index in [1.807, 2.05) is 61.5 Å². The Hall–Kier alpha value is -4.06. The second-order valence-corrected chi connectivity index (χ2v) is 6.57. The van der Waals surface area contributed by atoms with E-state index < -0.39 is 5.91 Å². The lowest BCUT2D eigenvalue weighted by Crippen LogP contribution is -2.11. The normalized spacial score (nSPS) is 10.5. The first kappa shape index (κ1) is 18.3. The maximum atomic E-state index is 11.6. The first-order valence-corrected chi connectivity index (χ1v) is 9.12. The van der Waals surface area contributed by atoms with Crippen molar-refractivity contribution in [3.05, 3.63) is 90.4 Å². The number of hydrogen-bond acceptors (Lipinski definition) is 5. The molecule has 3 N–H and O–H groups in total. The zero-order chi connectivity index (χ0) is 20.2. The third-order valence-corrected chi connectivity index (χ3v) is 4.60. The summed E-state index contributed by atoms with van der Waals surface area (Å²) in [6.07, 6.45) is 5.20. The average molecular weight is 381 g/mol. The summed E-state index contributed by atoms with van der Waals surface area (Å²) in [5.74, 6) is 0.0201. The largest absolute Gasteiger partial charge is 0.366 e. The van der Waals surface area contributed by atoms with Crippen LogP contribution in [0.2, 0.25) is 0 Å². The third-order valence-electron chi connectivity index (χ3n) is 4.60. The second kappa shape index (κ2) is 7.90. The van der Waals surface area contributed by atoms with E-state index in [2.05, 4.69) is 20.3 Å². The Morgan fingerprint density at radius 3 is 2.62 bits per heavy atom. The van der Waals surface area contributed by atoms with Crippen LogP contribution in [0, 0.1) is 6.92 Å². The van der Waals surface area contributed by atoms with Crippen LogP contribution in [-0.2, 0) is 0 Å². The van der Waals surface area contributed by atoms with Gasteiger partial charge in [-0.1, -0.05) is 24.3 Å². The maximum absolute atomic E-state index is 11.6. The summed E-state index contributed by atoms with van der Waals surface area (Å²) < 4.78 is 0. The highest BCUT2D eigenvalue weighted by Gasteiger charge is 2.12. The molecule has 2 aromatic heterocycles. The highest BCUT2D eigenvalue weighted by molar-refractivity contribution is 5.95. The van der Waals surface area contributed by atoms with Crippen molar-refractivity contribution in [1.29, 1.82) is 0 Å². The maximum Gasteiger partial charge on any atom is 0.248 e. The first-order chi connectivity index (χ1) is 14.1. The number of carbonyl (C=O) groups excluding carboxylic acids is 1. The van der Waals surface area contributed by atoms with Crippen LogP contribution in [0.5, 0.6) is 0 Å². The fraction of sp³-hybridized carbons (Fsp3) is 0.0435. The number of aromatic nitrogens is 3. The average Bonchev–Trinajstić information content (AvgIpc) is 2.75. The van der Waals surface area contributed by atoms with Crippen molar-refractivity contribution in [2.45, 2.75) is 6.92 Å². The van der Waals surface area contributed by atoms with Crippen LogP contribution >= 0.6 is 0 Å². The molecule has 0 saturated carbocycles. The zero-order valence-corrected chi connectivity index (χ0v) is 15.8. The lowest BCUT2D eigenvalue weighted by Gasteiger charge is -2.14. The number of nitrogens with two attached hydrogens (primary N) is 1. The zero-order valence-electron chi connectivity index (χ0n) is 15.8. The topological polar surface area (TPSA) is 93.8 Å². The fourth-order valence-corrected chi connectivity index (χ4v) is 3.11. The van der Waals surface area contributed by atoms with Crippen LogP contribution < -0.4 is 11.1 Å². The van der Waals surface area contributed by atoms with Crippen molar-refractivity contribution in [3.63, 3.8) is 0 Å². The molecule has 2 aromatic carbocycles. The number of para-hydroxylation sites is 1. The molecule has 0 unspecified atom stereocenters. The Morgan fingerprint density at radius 2 is 1.83 bits per heavy atom. The minimum absolute atomic E-state index is 0.454. The van der Waals surface area contributed by atoms with Gasteiger partial charge in [0.25, 0.3) is 0 Å². The monoisotopic (exact) mass is 381 g/mol. The number of nitrogens with one attached hydrogen (secondary N) is 1. The Labute approximate surface area is 168 Å². The summed E-state index contributed by atoms with van der Waals surface area (Å²) in [5.41, 5.74) is 11.4. The molecule has 29 heavy (non-hydrogen) atoms. The van der Waals surface area contributed by atoms with Gasteiger partial charge in [0.1, 0.15) is 0 Å². The number of nitrogens with zero attached hydrogens (tertiary/aromatic N) is 3. The predicted octanol–water partition coefficient (Wildman–Crippen LogP) is 4.36. The van der Waals surface area contributed by atoms with Crippen molar-refractivity contribution >= 4 is 17.5 Å². The molecule has 0 bridgehead atoms. The molecule has 0 aliphatic carbocycles. The molecule has 1 amide bonds. The second-order valence-electron chi connectivity index (χ2n) is 6.57. The van der Waals surface area contributed by atoms with Gasteiger partial charge in [0.05, 0.1) is 5.69 Å². The lowest BCUT2D eigenvalue weighted by molar-refractivity contribution is 0.100. The van der Waals surface area contributed by atoms with E-state index in [0.29, 0.717) is 11.5 Å². The molecule has 4 rings (SSSR count). The molecular formula is C23H19N5O. The highest BCUT2D eigenvalue weighted by atomic mass is 16.1. The van der Waals surface area contributed by atoms with Gasteiger partial charge in [-0.15, -0.1) is 0 Å². The smallest absolute Gasteiger partial charge is 0.248 e. The fourth-order valence-electron chi connectivity index (χ4n) is 3.11. The predicted molar refractivity (Wildman–Crippen MR) is 114 cm³/mol. The molecule has 4 aromatic rings. The van der Waals surface area contributed by atoms with Gasteiger partial charge in [-0.3, -0.25) is 9.78 Å². The molecule has 0 aliphatic heterocycles. The van der Waals surface area contributed by atoms with Gasteiger partial charge < -0.3 is 11.1 Å². The summed E-state index contributed by atoms with van der Waals surface area (Å²) in [7, 11) is 0. The number of amides is 1. The molecule has 142 valence electrons. The number of benzene rings is 2. The number of rotatable bonds is 5. The number of aryl methyl sites for hydroxylation is 1. The van der Waals surface area contributed by atoms with Gasteiger partial charge in [-0.05, 0) is 54.4 Å². The van der Waals surface area contributed by atoms with Crippen LogP contribution in [0.3, 0.4) is 0 Å². The van der Waals surface area contributed by atoms with Crippen molar-refractivity contribution in [2.24, 2.45) is 5.73 Å². The molecule has 0 spiro atoms. The molecule has 2 heterocycles. The quantitative estimate of drug-likeness (QED) is 0.536. The standard InChI is InChI=1S/C23H19N5O/c1-15-8-9-16(22(24)29)13-19(15)18-6-2-3-7-21(18)28-23-26-12-10-20(27-23)17-5-4-11-25-14-17/h2-14H,1H3,(H2,24,29)(H,26,27,28). The molecule has 0 atom stereocenters. The van der Waals surface area contributed by atoms with Gasteiger partial charge in [0.2, 0.25) is 11.9 Å². The molecule has 0 radical (unpaired) electrons. The van der Waals surface area contributed by atoms with Gasteiger partial charge in [-0.25, -0.2) is 9.97 Å². The van der Waals surface area contributed by atoms with Crippen molar-refractivity contribution in [3.8, 4) is 22.4 Å². The van der Waals surface area contributed by atoms with Crippen LogP contribution in [-0.4, -0.2) is 20.9 Å².